The van der Waals surface area contributed by atoms with E-state index in [9.17, 15) is 8.78 Å². The zero-order valence-electron chi connectivity index (χ0n) is 9.94. The molecule has 0 aliphatic heterocycles. The number of nitrogens with one attached hydrogen (secondary N) is 1. The summed E-state index contributed by atoms with van der Waals surface area (Å²) in [5.41, 5.74) is 0.667. The molecule has 102 valence electrons. The molecule has 0 aliphatic carbocycles. The lowest BCUT2D eigenvalue weighted by molar-refractivity contribution is -0.0505. The summed E-state index contributed by atoms with van der Waals surface area (Å²) >= 11 is 0. The summed E-state index contributed by atoms with van der Waals surface area (Å²) in [5, 5.41) is 11.5. The van der Waals surface area contributed by atoms with Gasteiger partial charge in [-0.1, -0.05) is 18.2 Å². The second-order valence-electron chi connectivity index (χ2n) is 3.50. The summed E-state index contributed by atoms with van der Waals surface area (Å²) in [6.45, 7) is -1.08. The molecule has 0 radical (unpaired) electrons. The highest BCUT2D eigenvalue weighted by Gasteiger charge is 2.08. The van der Waals surface area contributed by atoms with Crippen molar-refractivity contribution in [3.63, 3.8) is 0 Å². The maximum atomic E-state index is 12.1. The molecule has 2 N–H and O–H groups in total. The second kappa shape index (κ2) is 8.79. The van der Waals surface area contributed by atoms with Crippen molar-refractivity contribution < 1.29 is 23.4 Å². The third kappa shape index (κ3) is 5.90. The zero-order chi connectivity index (χ0) is 13.2. The quantitative estimate of drug-likeness (QED) is 0.659. The average Bonchev–Trinajstić information content (AvgIpc) is 2.35. The Morgan fingerprint density at radius 1 is 1.22 bits per heavy atom. The predicted molar refractivity (Wildman–Crippen MR) is 62.7 cm³/mol. The topological polar surface area (TPSA) is 50.7 Å². The van der Waals surface area contributed by atoms with Gasteiger partial charge in [0.25, 0.3) is 0 Å². The Bertz CT molecular complexity index is 337. The Morgan fingerprint density at radius 3 is 2.72 bits per heavy atom. The van der Waals surface area contributed by atoms with E-state index in [1.807, 2.05) is 0 Å². The van der Waals surface area contributed by atoms with Gasteiger partial charge in [-0.2, -0.15) is 8.78 Å². The summed E-state index contributed by atoms with van der Waals surface area (Å²) < 4.78 is 33.7. The first-order valence-corrected chi connectivity index (χ1v) is 5.66. The fraction of sp³-hybridized carbons (Fsp3) is 0.500. The molecule has 18 heavy (non-hydrogen) atoms. The summed E-state index contributed by atoms with van der Waals surface area (Å²) in [5.74, 6) is 0.177. The van der Waals surface area contributed by atoms with Crippen LogP contribution >= 0.6 is 0 Å². The molecule has 0 amide bonds. The van der Waals surface area contributed by atoms with Crippen molar-refractivity contribution in [1.29, 1.82) is 0 Å². The molecule has 0 aliphatic rings. The van der Waals surface area contributed by atoms with Gasteiger partial charge in [0.2, 0.25) is 0 Å². The van der Waals surface area contributed by atoms with Crippen molar-refractivity contribution in [2.45, 2.75) is 13.2 Å². The highest BCUT2D eigenvalue weighted by Crippen LogP contribution is 2.19. The molecule has 0 spiro atoms. The number of ether oxygens (including phenoxy) is 2. The number of para-hydroxylation sites is 1. The molecule has 6 heteroatoms. The van der Waals surface area contributed by atoms with E-state index < -0.39 is 6.61 Å². The number of alkyl halides is 2. The van der Waals surface area contributed by atoms with Crippen LogP contribution in [0.2, 0.25) is 0 Å². The van der Waals surface area contributed by atoms with Gasteiger partial charge in [0, 0.05) is 18.7 Å². The van der Waals surface area contributed by atoms with Crippen molar-refractivity contribution in [3.05, 3.63) is 29.8 Å². The van der Waals surface area contributed by atoms with Crippen molar-refractivity contribution in [3.8, 4) is 5.75 Å². The van der Waals surface area contributed by atoms with Crippen LogP contribution in [0, 0.1) is 0 Å². The smallest absolute Gasteiger partial charge is 0.387 e. The molecule has 0 unspecified atom stereocenters. The Balaban J connectivity index is 2.32. The second-order valence-corrected chi connectivity index (χ2v) is 3.50. The number of aliphatic hydroxyl groups excluding tert-OH is 1. The van der Waals surface area contributed by atoms with E-state index >= 15 is 0 Å². The van der Waals surface area contributed by atoms with E-state index in [0.29, 0.717) is 31.9 Å². The third-order valence-electron chi connectivity index (χ3n) is 2.16. The molecule has 0 saturated carbocycles. The molecule has 0 atom stereocenters. The van der Waals surface area contributed by atoms with Crippen LogP contribution in [0.15, 0.2) is 24.3 Å². The van der Waals surface area contributed by atoms with Crippen LogP contribution in [0.3, 0.4) is 0 Å². The fourth-order valence-electron chi connectivity index (χ4n) is 1.39. The van der Waals surface area contributed by atoms with Crippen LogP contribution in [-0.2, 0) is 11.3 Å². The summed E-state index contributed by atoms with van der Waals surface area (Å²) in [6, 6.07) is 6.63. The normalized spacial score (nSPS) is 10.9. The maximum Gasteiger partial charge on any atom is 0.387 e. The minimum Gasteiger partial charge on any atom is -0.434 e. The third-order valence-corrected chi connectivity index (χ3v) is 2.16. The molecule has 0 fully saturated rings. The van der Waals surface area contributed by atoms with Gasteiger partial charge >= 0.3 is 6.61 Å². The average molecular weight is 261 g/mol. The Morgan fingerprint density at radius 2 is 2.00 bits per heavy atom. The number of benzene rings is 1. The van der Waals surface area contributed by atoms with Gasteiger partial charge in [-0.25, -0.2) is 0 Å². The summed E-state index contributed by atoms with van der Waals surface area (Å²) in [4.78, 5) is 0. The molecule has 1 aromatic carbocycles. The van der Waals surface area contributed by atoms with Crippen LogP contribution in [0.25, 0.3) is 0 Å². The van der Waals surface area contributed by atoms with Gasteiger partial charge in [0.05, 0.1) is 19.8 Å². The zero-order valence-corrected chi connectivity index (χ0v) is 9.94. The van der Waals surface area contributed by atoms with Gasteiger partial charge in [-0.05, 0) is 6.07 Å². The predicted octanol–water partition coefficient (Wildman–Crippen LogP) is 1.39. The molecule has 1 rings (SSSR count). The van der Waals surface area contributed by atoms with E-state index in [2.05, 4.69) is 10.1 Å². The van der Waals surface area contributed by atoms with Crippen molar-refractivity contribution in [2.75, 3.05) is 26.4 Å². The minimum absolute atomic E-state index is 0.00887. The van der Waals surface area contributed by atoms with E-state index in [1.54, 1.807) is 18.2 Å². The molecule has 0 heterocycles. The van der Waals surface area contributed by atoms with Crippen molar-refractivity contribution in [2.24, 2.45) is 0 Å². The fourth-order valence-corrected chi connectivity index (χ4v) is 1.39. The van der Waals surface area contributed by atoms with E-state index in [0.717, 1.165) is 0 Å². The summed E-state index contributed by atoms with van der Waals surface area (Å²) in [6.07, 6.45) is 0. The van der Waals surface area contributed by atoms with E-state index in [4.69, 9.17) is 9.84 Å². The van der Waals surface area contributed by atoms with Crippen molar-refractivity contribution in [1.82, 2.24) is 5.32 Å². The first kappa shape index (κ1) is 14.8. The van der Waals surface area contributed by atoms with Gasteiger partial charge in [0.15, 0.2) is 0 Å². The van der Waals surface area contributed by atoms with Gasteiger partial charge in [-0.3, -0.25) is 0 Å². The molecular formula is C12H17F2NO3. The minimum atomic E-state index is -2.82. The monoisotopic (exact) mass is 261 g/mol. The van der Waals surface area contributed by atoms with Crippen LogP contribution in [0.4, 0.5) is 8.78 Å². The van der Waals surface area contributed by atoms with Gasteiger partial charge in [-0.15, -0.1) is 0 Å². The van der Waals surface area contributed by atoms with Crippen LogP contribution in [0.1, 0.15) is 5.56 Å². The number of hydrogen-bond donors (Lipinski definition) is 2. The van der Waals surface area contributed by atoms with Crippen molar-refractivity contribution >= 4 is 0 Å². The molecule has 0 bridgehead atoms. The number of hydrogen-bond acceptors (Lipinski definition) is 4. The Hall–Kier alpha value is -1.24. The lowest BCUT2D eigenvalue weighted by atomic mass is 10.2. The Kier molecular flexibility index (Phi) is 7.24. The number of halogens is 2. The largest absolute Gasteiger partial charge is 0.434 e. The Labute approximate surface area is 105 Å². The van der Waals surface area contributed by atoms with Gasteiger partial charge < -0.3 is 19.9 Å². The van der Waals surface area contributed by atoms with Crippen LogP contribution in [0.5, 0.6) is 5.75 Å². The van der Waals surface area contributed by atoms with Crippen LogP contribution in [-0.4, -0.2) is 38.1 Å². The highest BCUT2D eigenvalue weighted by molar-refractivity contribution is 5.33. The lowest BCUT2D eigenvalue weighted by Crippen LogP contribution is -2.20. The highest BCUT2D eigenvalue weighted by atomic mass is 19.3. The number of aliphatic hydroxyl groups is 1. The van der Waals surface area contributed by atoms with E-state index in [1.165, 1.54) is 6.07 Å². The molecule has 0 aromatic heterocycles. The van der Waals surface area contributed by atoms with E-state index in [-0.39, 0.29) is 12.4 Å². The first-order valence-electron chi connectivity index (χ1n) is 5.66. The van der Waals surface area contributed by atoms with Crippen LogP contribution < -0.4 is 10.1 Å². The molecular weight excluding hydrogens is 244 g/mol. The van der Waals surface area contributed by atoms with Gasteiger partial charge in [0.1, 0.15) is 5.75 Å². The molecule has 4 nitrogen and oxygen atoms in total. The lowest BCUT2D eigenvalue weighted by Gasteiger charge is -2.11. The first-order chi connectivity index (χ1) is 8.74. The molecule has 1 aromatic rings. The molecule has 0 saturated heterocycles. The summed E-state index contributed by atoms with van der Waals surface area (Å²) in [7, 11) is 0. The standard InChI is InChI=1S/C12H17F2NO3/c13-12(14)18-11-4-2-1-3-10(11)9-15-5-7-17-8-6-16/h1-4,12,15-16H,5-9H2. The SMILES string of the molecule is OCCOCCNCc1ccccc1OC(F)F. The maximum absolute atomic E-state index is 12.1. The number of rotatable bonds is 9.